The van der Waals surface area contributed by atoms with Crippen molar-refractivity contribution < 1.29 is 23.1 Å². The van der Waals surface area contributed by atoms with E-state index < -0.39 is 17.7 Å². The van der Waals surface area contributed by atoms with Crippen LogP contribution >= 0.6 is 11.3 Å². The molecule has 4 aromatic rings. The quantitative estimate of drug-likeness (QED) is 0.414. The Kier molecular flexibility index (Phi) is 6.03. The Morgan fingerprint density at radius 1 is 1.19 bits per heavy atom. The zero-order chi connectivity index (χ0) is 21.8. The predicted octanol–water partition coefficient (Wildman–Crippen LogP) is 4.29. The van der Waals surface area contributed by atoms with Gasteiger partial charge in [-0.25, -0.2) is 18.7 Å². The monoisotopic (exact) mass is 445 g/mol. The summed E-state index contributed by atoms with van der Waals surface area (Å²) in [6.07, 6.45) is 1.02. The molecule has 3 heterocycles. The van der Waals surface area contributed by atoms with Gasteiger partial charge in [0.1, 0.15) is 34.4 Å². The van der Waals surface area contributed by atoms with Gasteiger partial charge in [-0.05, 0) is 25.5 Å². The first kappa shape index (κ1) is 20.7. The molecule has 0 unspecified atom stereocenters. The van der Waals surface area contributed by atoms with Gasteiger partial charge in [0, 0.05) is 24.2 Å². The van der Waals surface area contributed by atoms with E-state index in [1.54, 1.807) is 12.1 Å². The van der Waals surface area contributed by atoms with E-state index in [9.17, 15) is 13.9 Å². The van der Waals surface area contributed by atoms with Gasteiger partial charge in [0.25, 0.3) is 0 Å². The zero-order valence-corrected chi connectivity index (χ0v) is 17.1. The maximum Gasteiger partial charge on any atom is 0.415 e. The van der Waals surface area contributed by atoms with Crippen LogP contribution in [0.3, 0.4) is 0 Å². The van der Waals surface area contributed by atoms with Crippen LogP contribution in [0.15, 0.2) is 41.2 Å². The van der Waals surface area contributed by atoms with Gasteiger partial charge in [0.15, 0.2) is 0 Å². The Morgan fingerprint density at radius 2 is 2.00 bits per heavy atom. The van der Waals surface area contributed by atoms with Crippen molar-refractivity contribution in [2.75, 3.05) is 18.5 Å². The van der Waals surface area contributed by atoms with E-state index in [0.29, 0.717) is 28.7 Å². The van der Waals surface area contributed by atoms with Gasteiger partial charge in [0.2, 0.25) is 5.82 Å². The van der Waals surface area contributed by atoms with E-state index >= 15 is 0 Å². The van der Waals surface area contributed by atoms with Crippen LogP contribution in [0, 0.1) is 11.6 Å². The van der Waals surface area contributed by atoms with Crippen LogP contribution in [-0.2, 0) is 6.42 Å². The van der Waals surface area contributed by atoms with Gasteiger partial charge in [-0.3, -0.25) is 4.52 Å². The minimum atomic E-state index is -0.577. The number of rotatable bonds is 8. The molecule has 0 amide bonds. The van der Waals surface area contributed by atoms with Crippen LogP contribution < -0.4 is 10.1 Å². The summed E-state index contributed by atoms with van der Waals surface area (Å²) in [4.78, 5) is 13.6. The highest BCUT2D eigenvalue weighted by Crippen LogP contribution is 2.41. The summed E-state index contributed by atoms with van der Waals surface area (Å²) >= 11 is 1.31. The average molecular weight is 445 g/mol. The molecule has 31 heavy (non-hydrogen) atoms. The Bertz CT molecular complexity index is 1180. The van der Waals surface area contributed by atoms with E-state index in [1.807, 2.05) is 6.92 Å². The molecule has 0 saturated heterocycles. The third kappa shape index (κ3) is 4.61. The van der Waals surface area contributed by atoms with Crippen molar-refractivity contribution in [3.8, 4) is 33.1 Å². The number of benzene rings is 1. The number of aromatic nitrogens is 4. The van der Waals surface area contributed by atoms with Crippen LogP contribution in [-0.4, -0.2) is 38.4 Å². The molecule has 0 aliphatic heterocycles. The number of aromatic hydroxyl groups is 1. The molecule has 0 saturated carbocycles. The van der Waals surface area contributed by atoms with Gasteiger partial charge < -0.3 is 15.2 Å². The summed E-state index contributed by atoms with van der Waals surface area (Å²) in [7, 11) is 0. The number of hydrogen-bond acceptors (Lipinski definition) is 9. The second-order valence-corrected chi connectivity index (χ2v) is 7.36. The summed E-state index contributed by atoms with van der Waals surface area (Å²) in [5.74, 6) is 0.0920. The predicted molar refractivity (Wildman–Crippen MR) is 110 cm³/mol. The molecule has 11 heteroatoms. The number of hydrogen-bond donors (Lipinski definition) is 2. The Morgan fingerprint density at radius 3 is 2.71 bits per heavy atom. The van der Waals surface area contributed by atoms with Crippen molar-refractivity contribution in [3.05, 3.63) is 53.9 Å². The molecule has 0 spiro atoms. The molecular formula is C20H17F2N5O3S. The Balaban J connectivity index is 1.53. The Labute approximate surface area is 179 Å². The lowest BCUT2D eigenvalue weighted by molar-refractivity contribution is 0.267. The molecule has 3 aromatic heterocycles. The first-order valence-electron chi connectivity index (χ1n) is 9.34. The largest absolute Gasteiger partial charge is 0.492 e. The molecule has 4 rings (SSSR count). The van der Waals surface area contributed by atoms with E-state index in [0.717, 1.165) is 4.88 Å². The molecule has 160 valence electrons. The van der Waals surface area contributed by atoms with Crippen molar-refractivity contribution in [1.29, 1.82) is 0 Å². The van der Waals surface area contributed by atoms with Crippen molar-refractivity contribution in [3.63, 3.8) is 0 Å². The van der Waals surface area contributed by atoms with Crippen LogP contribution in [0.2, 0.25) is 0 Å². The van der Waals surface area contributed by atoms with Gasteiger partial charge in [-0.1, -0.05) is 11.2 Å². The maximum absolute atomic E-state index is 13.8. The van der Waals surface area contributed by atoms with E-state index in [-0.39, 0.29) is 24.4 Å². The number of ether oxygens (including phenoxy) is 1. The molecule has 0 aliphatic carbocycles. The van der Waals surface area contributed by atoms with Gasteiger partial charge in [0.05, 0.1) is 17.2 Å². The molecule has 2 N–H and O–H groups in total. The topological polar surface area (TPSA) is 106 Å². The lowest BCUT2D eigenvalue weighted by Gasteiger charge is -2.08. The SMILES string of the molecule is CCOc1cc(-c2cc(NCCc3c(F)cccc3F)ncn2)sc1-c1noc(O)n1. The van der Waals surface area contributed by atoms with E-state index in [1.165, 1.54) is 35.9 Å². The second kappa shape index (κ2) is 9.04. The minimum Gasteiger partial charge on any atom is -0.492 e. The Hall–Kier alpha value is -3.60. The van der Waals surface area contributed by atoms with Gasteiger partial charge in [-0.15, -0.1) is 11.3 Å². The van der Waals surface area contributed by atoms with Crippen LogP contribution in [0.4, 0.5) is 14.6 Å². The summed E-state index contributed by atoms with van der Waals surface area (Å²) in [5, 5.41) is 16.1. The number of halogens is 2. The third-order valence-corrected chi connectivity index (χ3v) is 5.41. The second-order valence-electron chi connectivity index (χ2n) is 6.30. The highest BCUT2D eigenvalue weighted by molar-refractivity contribution is 7.19. The summed E-state index contributed by atoms with van der Waals surface area (Å²) in [5.41, 5.74) is 0.636. The van der Waals surface area contributed by atoms with Crippen molar-refractivity contribution in [2.24, 2.45) is 0 Å². The summed E-state index contributed by atoms with van der Waals surface area (Å²) in [6, 6.07) is 7.30. The lowest BCUT2D eigenvalue weighted by atomic mass is 10.1. The maximum atomic E-state index is 13.8. The average Bonchev–Trinajstić information content (AvgIpc) is 3.37. The molecule has 0 aliphatic rings. The number of nitrogens with zero attached hydrogens (tertiary/aromatic N) is 4. The van der Waals surface area contributed by atoms with Gasteiger partial charge >= 0.3 is 6.08 Å². The number of anilines is 1. The summed E-state index contributed by atoms with van der Waals surface area (Å²) in [6.45, 7) is 2.56. The van der Waals surface area contributed by atoms with Crippen LogP contribution in [0.5, 0.6) is 11.8 Å². The highest BCUT2D eigenvalue weighted by atomic mass is 32.1. The van der Waals surface area contributed by atoms with Gasteiger partial charge in [-0.2, -0.15) is 4.98 Å². The first-order chi connectivity index (χ1) is 15.0. The molecule has 0 fully saturated rings. The fourth-order valence-corrected chi connectivity index (χ4v) is 3.90. The molecular weight excluding hydrogens is 428 g/mol. The van der Waals surface area contributed by atoms with Crippen LogP contribution in [0.1, 0.15) is 12.5 Å². The molecule has 0 atom stereocenters. The van der Waals surface area contributed by atoms with E-state index in [2.05, 4.69) is 29.9 Å². The zero-order valence-electron chi connectivity index (χ0n) is 16.3. The summed E-state index contributed by atoms with van der Waals surface area (Å²) < 4.78 is 37.8. The standard InChI is InChI=1S/C20H17F2N5O3S/c1-2-29-15-9-16(31-18(15)19-26-20(28)30-27-19)14-8-17(25-10-24-14)23-7-6-11-12(21)4-3-5-13(11)22/h3-5,8-10H,2,6-7H2,1H3,(H,23,24,25)(H,26,27,28). The molecule has 1 aromatic carbocycles. The number of thiophene rings is 1. The molecule has 8 nitrogen and oxygen atoms in total. The smallest absolute Gasteiger partial charge is 0.415 e. The fraction of sp³-hybridized carbons (Fsp3) is 0.200. The number of nitrogens with one attached hydrogen (secondary N) is 1. The lowest BCUT2D eigenvalue weighted by Crippen LogP contribution is -2.09. The van der Waals surface area contributed by atoms with Crippen molar-refractivity contribution >= 4 is 17.2 Å². The fourth-order valence-electron chi connectivity index (χ4n) is 2.90. The van der Waals surface area contributed by atoms with E-state index in [4.69, 9.17) is 4.74 Å². The molecule has 0 bridgehead atoms. The van der Waals surface area contributed by atoms with Crippen molar-refractivity contribution in [2.45, 2.75) is 13.3 Å². The third-order valence-electron chi connectivity index (χ3n) is 4.28. The highest BCUT2D eigenvalue weighted by Gasteiger charge is 2.19. The van der Waals surface area contributed by atoms with Crippen molar-refractivity contribution in [1.82, 2.24) is 20.1 Å². The molecule has 0 radical (unpaired) electrons. The first-order valence-corrected chi connectivity index (χ1v) is 10.2. The normalized spacial score (nSPS) is 10.9. The van der Waals surface area contributed by atoms with Crippen LogP contribution in [0.25, 0.3) is 21.3 Å². The minimum absolute atomic E-state index is 0.0249.